The van der Waals surface area contributed by atoms with E-state index in [1.807, 2.05) is 6.07 Å². The van der Waals surface area contributed by atoms with Crippen LogP contribution >= 0.6 is 15.9 Å². The highest BCUT2D eigenvalue weighted by Gasteiger charge is 2.32. The molecule has 13 nitrogen and oxygen atoms in total. The van der Waals surface area contributed by atoms with Gasteiger partial charge in [-0.3, -0.25) is 4.79 Å². The third-order valence-electron chi connectivity index (χ3n) is 5.61. The number of benzene rings is 2. The average Bonchev–Trinajstić information content (AvgIpc) is 2.95. The van der Waals surface area contributed by atoms with E-state index in [1.165, 1.54) is 20.4 Å². The molecule has 0 unspecified atom stereocenters. The Labute approximate surface area is 244 Å². The first-order valence-corrected chi connectivity index (χ1v) is 13.0. The number of hydrogen-bond donors (Lipinski definition) is 3. The van der Waals surface area contributed by atoms with Gasteiger partial charge in [-0.15, -0.1) is 0 Å². The van der Waals surface area contributed by atoms with E-state index < -0.39 is 23.9 Å². The molecule has 0 aliphatic carbocycles. The summed E-state index contributed by atoms with van der Waals surface area (Å²) in [6, 6.07) is 8.70. The lowest BCUT2D eigenvalue weighted by molar-refractivity contribution is -0.139. The van der Waals surface area contributed by atoms with E-state index in [4.69, 9.17) is 28.9 Å². The summed E-state index contributed by atoms with van der Waals surface area (Å²) in [7, 11) is 2.89. The minimum absolute atomic E-state index is 0.139. The van der Waals surface area contributed by atoms with Gasteiger partial charge >= 0.3 is 12.0 Å². The quantitative estimate of drug-likeness (QED) is 0.181. The number of nitrogens with zero attached hydrogens (tertiary/aromatic N) is 2. The van der Waals surface area contributed by atoms with Gasteiger partial charge in [-0.2, -0.15) is 10.4 Å². The van der Waals surface area contributed by atoms with Gasteiger partial charge in [0.05, 0.1) is 38.7 Å². The normalized spacial score (nSPS) is 14.4. The summed E-state index contributed by atoms with van der Waals surface area (Å²) < 4.78 is 27.4. The number of hydrazone groups is 1. The van der Waals surface area contributed by atoms with Crippen LogP contribution in [-0.4, -0.2) is 58.2 Å². The Bertz CT molecular complexity index is 1420. The number of carbonyl (C=O) groups is 3. The lowest BCUT2D eigenvalue weighted by atomic mass is 9.95. The van der Waals surface area contributed by atoms with Crippen LogP contribution in [0, 0.1) is 11.3 Å². The number of allylic oxidation sites excluding steroid dienone is 1. The number of nitriles is 1. The number of hydrogen-bond acceptors (Lipinski definition) is 10. The highest BCUT2D eigenvalue weighted by molar-refractivity contribution is 9.10. The van der Waals surface area contributed by atoms with Crippen molar-refractivity contribution in [1.82, 2.24) is 16.1 Å². The number of ether oxygens (including phenoxy) is 5. The Morgan fingerprint density at radius 1 is 1.12 bits per heavy atom. The maximum Gasteiger partial charge on any atom is 0.338 e. The van der Waals surface area contributed by atoms with Crippen molar-refractivity contribution in [3.8, 4) is 29.1 Å². The summed E-state index contributed by atoms with van der Waals surface area (Å²) in [5, 5.41) is 18.0. The molecule has 216 valence electrons. The zero-order chi connectivity index (χ0) is 29.9. The van der Waals surface area contributed by atoms with E-state index >= 15 is 0 Å². The number of nitrogens with one attached hydrogen (secondary N) is 3. The number of carbonyl (C=O) groups excluding carboxylic acids is 3. The number of halogens is 1. The lowest BCUT2D eigenvalue weighted by Gasteiger charge is -2.28. The molecule has 14 heteroatoms. The van der Waals surface area contributed by atoms with Crippen LogP contribution in [0.15, 0.2) is 51.2 Å². The molecule has 0 spiro atoms. The van der Waals surface area contributed by atoms with Crippen LogP contribution in [0.4, 0.5) is 4.79 Å². The molecule has 0 saturated carbocycles. The molecule has 41 heavy (non-hydrogen) atoms. The summed E-state index contributed by atoms with van der Waals surface area (Å²) in [5.41, 5.74) is 4.14. The van der Waals surface area contributed by atoms with Gasteiger partial charge in [-0.05, 0) is 59.6 Å². The van der Waals surface area contributed by atoms with Crippen LogP contribution in [0.25, 0.3) is 0 Å². The van der Waals surface area contributed by atoms with E-state index in [2.05, 4.69) is 37.1 Å². The number of rotatable bonds is 12. The molecule has 1 aliphatic heterocycles. The Balaban J connectivity index is 1.67. The molecule has 1 aliphatic rings. The summed E-state index contributed by atoms with van der Waals surface area (Å²) in [5.74, 6) is 0.197. The molecule has 1 heterocycles. The summed E-state index contributed by atoms with van der Waals surface area (Å²) in [6.45, 7) is 2.96. The second-order valence-corrected chi connectivity index (χ2v) is 9.11. The minimum atomic E-state index is -0.784. The number of methoxy groups -OCH3 is 2. The molecule has 0 aromatic heterocycles. The Hall–Kier alpha value is -4.77. The maximum absolute atomic E-state index is 12.6. The van der Waals surface area contributed by atoms with Gasteiger partial charge < -0.3 is 34.3 Å². The fraction of sp³-hybridized carbons (Fsp3) is 0.296. The van der Waals surface area contributed by atoms with Crippen molar-refractivity contribution in [2.45, 2.75) is 19.9 Å². The molecule has 3 rings (SSSR count). The van der Waals surface area contributed by atoms with E-state index in [1.54, 1.807) is 44.2 Å². The van der Waals surface area contributed by atoms with Gasteiger partial charge in [-0.25, -0.2) is 15.0 Å². The second kappa shape index (κ2) is 14.6. The smallest absolute Gasteiger partial charge is 0.338 e. The first kappa shape index (κ1) is 30.8. The lowest BCUT2D eigenvalue weighted by Crippen LogP contribution is -2.45. The summed E-state index contributed by atoms with van der Waals surface area (Å²) in [4.78, 5) is 37.1. The van der Waals surface area contributed by atoms with Gasteiger partial charge in [0.25, 0.3) is 5.91 Å². The fourth-order valence-electron chi connectivity index (χ4n) is 3.79. The highest BCUT2D eigenvalue weighted by Crippen LogP contribution is 2.35. The van der Waals surface area contributed by atoms with Gasteiger partial charge in [0.2, 0.25) is 0 Å². The Morgan fingerprint density at radius 3 is 2.54 bits per heavy atom. The number of esters is 1. The predicted molar refractivity (Wildman–Crippen MR) is 150 cm³/mol. The molecule has 0 saturated heterocycles. The summed E-state index contributed by atoms with van der Waals surface area (Å²) >= 11 is 3.39. The largest absolute Gasteiger partial charge is 0.493 e. The molecule has 1 atom stereocenters. The van der Waals surface area contributed by atoms with Crippen LogP contribution < -0.4 is 35.0 Å². The van der Waals surface area contributed by atoms with Crippen molar-refractivity contribution in [2.24, 2.45) is 5.10 Å². The van der Waals surface area contributed by atoms with Crippen molar-refractivity contribution < 1.29 is 38.1 Å². The van der Waals surface area contributed by atoms with Gasteiger partial charge in [0.15, 0.2) is 36.2 Å². The van der Waals surface area contributed by atoms with Crippen LogP contribution in [-0.2, 0) is 14.3 Å². The minimum Gasteiger partial charge on any atom is -0.493 e. The third kappa shape index (κ3) is 7.89. The Kier molecular flexibility index (Phi) is 10.9. The van der Waals surface area contributed by atoms with Crippen molar-refractivity contribution in [3.63, 3.8) is 0 Å². The molecule has 3 N–H and O–H groups in total. The highest BCUT2D eigenvalue weighted by atomic mass is 79.9. The Morgan fingerprint density at radius 2 is 1.85 bits per heavy atom. The van der Waals surface area contributed by atoms with Crippen molar-refractivity contribution in [2.75, 3.05) is 34.0 Å². The maximum atomic E-state index is 12.6. The van der Waals surface area contributed by atoms with Gasteiger partial charge in [0, 0.05) is 15.7 Å². The molecular formula is C27H28BrN5O8. The first-order chi connectivity index (χ1) is 19.7. The van der Waals surface area contributed by atoms with Crippen molar-refractivity contribution in [3.05, 3.63) is 57.2 Å². The van der Waals surface area contributed by atoms with Crippen molar-refractivity contribution >= 4 is 40.1 Å². The number of urea groups is 1. The topological polar surface area (TPSA) is 170 Å². The molecule has 0 radical (unpaired) electrons. The van der Waals surface area contributed by atoms with Crippen LogP contribution in [0.5, 0.6) is 23.0 Å². The molecule has 0 fully saturated rings. The second-order valence-electron chi connectivity index (χ2n) is 8.25. The molecular weight excluding hydrogens is 602 g/mol. The molecule has 2 aromatic rings. The monoisotopic (exact) mass is 629 g/mol. The molecule has 2 aromatic carbocycles. The van der Waals surface area contributed by atoms with Gasteiger partial charge in [0.1, 0.15) is 6.07 Å². The fourth-order valence-corrected chi connectivity index (χ4v) is 4.21. The SMILES string of the molecule is CCOC(=O)C1=C(C)NC(=O)N[C@H]1c1ccc(OCC(=O)N/N=C\c2cc(OC)c(OCC#N)cc2Br)c(OC)c1. The van der Waals surface area contributed by atoms with E-state index in [0.29, 0.717) is 32.8 Å². The zero-order valence-corrected chi connectivity index (χ0v) is 24.3. The first-order valence-electron chi connectivity index (χ1n) is 12.2. The van der Waals surface area contributed by atoms with E-state index in [0.717, 1.165) is 0 Å². The van der Waals surface area contributed by atoms with Crippen LogP contribution in [0.1, 0.15) is 31.0 Å². The van der Waals surface area contributed by atoms with Crippen molar-refractivity contribution in [1.29, 1.82) is 5.26 Å². The van der Waals surface area contributed by atoms with E-state index in [9.17, 15) is 14.4 Å². The third-order valence-corrected chi connectivity index (χ3v) is 6.30. The molecule has 3 amide bonds. The molecule has 0 bridgehead atoms. The van der Waals surface area contributed by atoms with Gasteiger partial charge in [-0.1, -0.05) is 6.07 Å². The number of amides is 3. The zero-order valence-electron chi connectivity index (χ0n) is 22.7. The standard InChI is InChI=1S/C27H28BrN5O8/c1-5-39-26(35)24-15(2)31-27(36)32-25(24)16-6-7-19(20(10-16)37-3)41-14-23(34)33-30-13-17-11-21(38-4)22(12-18(17)28)40-9-8-29/h6-7,10-13,25H,5,9,14H2,1-4H3,(H,33,34)(H2,31,32,36)/b30-13-/t25-/m0/s1. The predicted octanol–water partition coefficient (Wildman–Crippen LogP) is 3.09. The van der Waals surface area contributed by atoms with Crippen LogP contribution in [0.3, 0.4) is 0 Å². The summed E-state index contributed by atoms with van der Waals surface area (Å²) in [6.07, 6.45) is 1.40. The average molecular weight is 630 g/mol. The van der Waals surface area contributed by atoms with Crippen LogP contribution in [0.2, 0.25) is 0 Å². The van der Waals surface area contributed by atoms with E-state index in [-0.39, 0.29) is 36.9 Å².